The van der Waals surface area contributed by atoms with Crippen molar-refractivity contribution in [2.45, 2.75) is 39.2 Å². The molecule has 1 atom stereocenters. The van der Waals surface area contributed by atoms with Gasteiger partial charge in [0.2, 0.25) is 0 Å². The van der Waals surface area contributed by atoms with Gasteiger partial charge in [0.1, 0.15) is 5.82 Å². The van der Waals surface area contributed by atoms with Crippen molar-refractivity contribution in [3.63, 3.8) is 0 Å². The molecule has 5 heteroatoms. The number of imidazole rings is 1. The summed E-state index contributed by atoms with van der Waals surface area (Å²) in [5.41, 5.74) is 4.66. The Balaban J connectivity index is 1.54. The van der Waals surface area contributed by atoms with E-state index in [4.69, 9.17) is 4.98 Å². The molecule has 0 aliphatic carbocycles. The average molecular weight is 347 g/mol. The van der Waals surface area contributed by atoms with Crippen LogP contribution in [0.5, 0.6) is 0 Å². The van der Waals surface area contributed by atoms with Crippen LogP contribution >= 0.6 is 0 Å². The van der Waals surface area contributed by atoms with Crippen molar-refractivity contribution in [2.75, 3.05) is 18.0 Å². The predicted octanol–water partition coefficient (Wildman–Crippen LogP) is 3.72. The summed E-state index contributed by atoms with van der Waals surface area (Å²) in [5, 5.41) is 0. The Morgan fingerprint density at radius 1 is 1.15 bits per heavy atom. The maximum absolute atomic E-state index is 4.70. The summed E-state index contributed by atoms with van der Waals surface area (Å²) in [6.07, 6.45) is 10.1. The van der Waals surface area contributed by atoms with E-state index in [1.807, 2.05) is 24.7 Å². The van der Waals surface area contributed by atoms with Gasteiger partial charge in [-0.3, -0.25) is 9.97 Å². The predicted molar refractivity (Wildman–Crippen MR) is 103 cm³/mol. The Hall–Kier alpha value is -2.69. The van der Waals surface area contributed by atoms with Gasteiger partial charge in [0.25, 0.3) is 0 Å². The first-order valence-electron chi connectivity index (χ1n) is 9.29. The molecule has 3 aromatic rings. The van der Waals surface area contributed by atoms with E-state index in [9.17, 15) is 0 Å². The lowest BCUT2D eigenvalue weighted by atomic mass is 9.96. The molecule has 0 spiro atoms. The molecule has 134 valence electrons. The van der Waals surface area contributed by atoms with Crippen LogP contribution in [0.2, 0.25) is 0 Å². The number of piperidine rings is 1. The van der Waals surface area contributed by atoms with E-state index in [0.717, 1.165) is 31.0 Å². The summed E-state index contributed by atoms with van der Waals surface area (Å²) >= 11 is 0. The summed E-state index contributed by atoms with van der Waals surface area (Å²) in [4.78, 5) is 15.9. The highest BCUT2D eigenvalue weighted by Gasteiger charge is 2.25. The Kier molecular flexibility index (Phi) is 4.69. The lowest BCUT2D eigenvalue weighted by Gasteiger charge is -2.34. The first kappa shape index (κ1) is 16.8. The van der Waals surface area contributed by atoms with Gasteiger partial charge in [-0.05, 0) is 50.5 Å². The van der Waals surface area contributed by atoms with E-state index in [1.54, 1.807) is 0 Å². The van der Waals surface area contributed by atoms with E-state index >= 15 is 0 Å². The molecule has 0 aromatic carbocycles. The minimum Gasteiger partial charge on any atom is -0.371 e. The summed E-state index contributed by atoms with van der Waals surface area (Å²) in [6.45, 7) is 7.07. The van der Waals surface area contributed by atoms with Crippen LogP contribution in [0.25, 0.3) is 0 Å². The Morgan fingerprint density at radius 3 is 2.77 bits per heavy atom. The number of hydrogen-bond donors (Lipinski definition) is 0. The van der Waals surface area contributed by atoms with Crippen LogP contribution in [0.15, 0.2) is 49.1 Å². The van der Waals surface area contributed by atoms with E-state index in [2.05, 4.69) is 57.7 Å². The fourth-order valence-corrected chi connectivity index (χ4v) is 3.92. The first-order valence-corrected chi connectivity index (χ1v) is 9.29. The maximum atomic E-state index is 4.70. The molecule has 0 saturated carbocycles. The Morgan fingerprint density at radius 2 is 2.00 bits per heavy atom. The van der Waals surface area contributed by atoms with Gasteiger partial charge in [0, 0.05) is 60.9 Å². The number of rotatable bonds is 4. The molecular weight excluding hydrogens is 322 g/mol. The highest BCUT2D eigenvalue weighted by Crippen LogP contribution is 2.30. The first-order chi connectivity index (χ1) is 12.7. The van der Waals surface area contributed by atoms with Gasteiger partial charge in [-0.1, -0.05) is 6.07 Å². The number of hydrogen-bond acceptors (Lipinski definition) is 4. The molecule has 4 heterocycles. The second-order valence-electron chi connectivity index (χ2n) is 7.17. The smallest absolute Gasteiger partial charge is 0.113 e. The highest BCUT2D eigenvalue weighted by atomic mass is 15.2. The fourth-order valence-electron chi connectivity index (χ4n) is 3.92. The standard InChI is InChI=1S/C21H25N5/c1-16-11-20(12-17(2)24-16)25-9-4-6-19(15-25)21-23-8-10-26(21)14-18-5-3-7-22-13-18/h3,5,7-8,10-13,19H,4,6,9,14-15H2,1-2H3. The van der Waals surface area contributed by atoms with Crippen LogP contribution in [-0.4, -0.2) is 32.6 Å². The lowest BCUT2D eigenvalue weighted by Crippen LogP contribution is -2.35. The van der Waals surface area contributed by atoms with Crippen LogP contribution < -0.4 is 4.90 Å². The maximum Gasteiger partial charge on any atom is 0.113 e. The molecule has 3 aromatic heterocycles. The van der Waals surface area contributed by atoms with Crippen LogP contribution in [-0.2, 0) is 6.54 Å². The highest BCUT2D eigenvalue weighted by molar-refractivity contribution is 5.49. The molecule has 0 N–H and O–H groups in total. The van der Waals surface area contributed by atoms with Crippen molar-refractivity contribution < 1.29 is 0 Å². The minimum absolute atomic E-state index is 0.448. The molecule has 1 fully saturated rings. The average Bonchev–Trinajstić information content (AvgIpc) is 3.10. The summed E-state index contributed by atoms with van der Waals surface area (Å²) < 4.78 is 2.27. The van der Waals surface area contributed by atoms with Gasteiger partial charge in [-0.2, -0.15) is 0 Å². The second-order valence-corrected chi connectivity index (χ2v) is 7.17. The molecule has 1 aliphatic heterocycles. The third-order valence-electron chi connectivity index (χ3n) is 5.04. The van der Waals surface area contributed by atoms with E-state index < -0.39 is 0 Å². The molecule has 0 bridgehead atoms. The number of aromatic nitrogens is 4. The van der Waals surface area contributed by atoms with Crippen molar-refractivity contribution in [1.29, 1.82) is 0 Å². The number of aryl methyl sites for hydroxylation is 2. The molecule has 26 heavy (non-hydrogen) atoms. The van der Waals surface area contributed by atoms with Crippen molar-refractivity contribution in [3.05, 3.63) is 71.8 Å². The van der Waals surface area contributed by atoms with Crippen molar-refractivity contribution >= 4 is 5.69 Å². The number of nitrogens with zero attached hydrogens (tertiary/aromatic N) is 5. The fraction of sp³-hybridized carbons (Fsp3) is 0.381. The minimum atomic E-state index is 0.448. The molecule has 0 amide bonds. The van der Waals surface area contributed by atoms with Crippen molar-refractivity contribution in [1.82, 2.24) is 19.5 Å². The zero-order valence-electron chi connectivity index (χ0n) is 15.5. The van der Waals surface area contributed by atoms with Gasteiger partial charge < -0.3 is 9.47 Å². The third-order valence-corrected chi connectivity index (χ3v) is 5.04. The molecule has 4 rings (SSSR count). The van der Waals surface area contributed by atoms with Crippen LogP contribution in [0.1, 0.15) is 41.5 Å². The largest absolute Gasteiger partial charge is 0.371 e. The van der Waals surface area contributed by atoms with E-state index in [1.165, 1.54) is 29.9 Å². The topological polar surface area (TPSA) is 46.8 Å². The van der Waals surface area contributed by atoms with Gasteiger partial charge in [-0.15, -0.1) is 0 Å². The quantitative estimate of drug-likeness (QED) is 0.722. The van der Waals surface area contributed by atoms with E-state index in [0.29, 0.717) is 5.92 Å². The summed E-state index contributed by atoms with van der Waals surface area (Å²) in [6, 6.07) is 8.49. The van der Waals surface area contributed by atoms with Crippen LogP contribution in [0, 0.1) is 13.8 Å². The normalized spacial score (nSPS) is 17.5. The van der Waals surface area contributed by atoms with Gasteiger partial charge in [0.05, 0.1) is 6.54 Å². The molecule has 5 nitrogen and oxygen atoms in total. The monoisotopic (exact) mass is 347 g/mol. The van der Waals surface area contributed by atoms with Crippen LogP contribution in [0.3, 0.4) is 0 Å². The zero-order valence-corrected chi connectivity index (χ0v) is 15.5. The van der Waals surface area contributed by atoms with Gasteiger partial charge in [0.15, 0.2) is 0 Å². The van der Waals surface area contributed by atoms with Crippen molar-refractivity contribution in [3.8, 4) is 0 Å². The van der Waals surface area contributed by atoms with Crippen LogP contribution in [0.4, 0.5) is 5.69 Å². The molecule has 1 aliphatic rings. The third kappa shape index (κ3) is 3.62. The lowest BCUT2D eigenvalue weighted by molar-refractivity contribution is 0.476. The van der Waals surface area contributed by atoms with Crippen molar-refractivity contribution in [2.24, 2.45) is 0 Å². The van der Waals surface area contributed by atoms with Gasteiger partial charge >= 0.3 is 0 Å². The Bertz CT molecular complexity index is 851. The second kappa shape index (κ2) is 7.28. The SMILES string of the molecule is Cc1cc(N2CCCC(c3nccn3Cc3cccnc3)C2)cc(C)n1. The zero-order chi connectivity index (χ0) is 17.9. The molecule has 0 radical (unpaired) electrons. The Labute approximate surface area is 154 Å². The molecule has 1 saturated heterocycles. The van der Waals surface area contributed by atoms with E-state index in [-0.39, 0.29) is 0 Å². The number of anilines is 1. The molecular formula is C21H25N5. The summed E-state index contributed by atoms with van der Waals surface area (Å²) in [5.74, 6) is 1.63. The molecule has 1 unspecified atom stereocenters. The summed E-state index contributed by atoms with van der Waals surface area (Å²) in [7, 11) is 0. The van der Waals surface area contributed by atoms with Gasteiger partial charge in [-0.25, -0.2) is 4.98 Å². The number of pyridine rings is 2.